The van der Waals surface area contributed by atoms with Crippen molar-refractivity contribution in [3.63, 3.8) is 0 Å². The molecule has 0 saturated carbocycles. The predicted octanol–water partition coefficient (Wildman–Crippen LogP) is 2.54. The number of nitrogens with zero attached hydrogens (tertiary/aromatic N) is 2. The molecule has 0 atom stereocenters. The van der Waals surface area contributed by atoms with E-state index in [2.05, 4.69) is 5.10 Å². The summed E-state index contributed by atoms with van der Waals surface area (Å²) in [6.45, 7) is 3.73. The van der Waals surface area contributed by atoms with Crippen LogP contribution in [0.2, 0.25) is 0 Å². The summed E-state index contributed by atoms with van der Waals surface area (Å²) in [6, 6.07) is 8.63. The van der Waals surface area contributed by atoms with Crippen molar-refractivity contribution in [2.45, 2.75) is 20.4 Å². The quantitative estimate of drug-likeness (QED) is 0.523. The molecule has 0 aliphatic heterocycles. The predicted molar refractivity (Wildman–Crippen MR) is 91.6 cm³/mol. The zero-order valence-corrected chi connectivity index (χ0v) is 14.2. The van der Waals surface area contributed by atoms with Gasteiger partial charge in [0.2, 0.25) is 0 Å². The van der Waals surface area contributed by atoms with Crippen LogP contribution in [0.15, 0.2) is 39.5 Å². The first-order valence-corrected chi connectivity index (χ1v) is 7.84. The van der Waals surface area contributed by atoms with Gasteiger partial charge in [0, 0.05) is 5.39 Å². The number of methoxy groups -OCH3 is 1. The van der Waals surface area contributed by atoms with Crippen molar-refractivity contribution in [3.8, 4) is 17.0 Å². The summed E-state index contributed by atoms with van der Waals surface area (Å²) in [5, 5.41) is 4.99. The largest absolute Gasteiger partial charge is 0.497 e. The van der Waals surface area contributed by atoms with Crippen molar-refractivity contribution in [3.05, 3.63) is 46.4 Å². The van der Waals surface area contributed by atoms with E-state index >= 15 is 0 Å². The van der Waals surface area contributed by atoms with Crippen LogP contribution in [-0.2, 0) is 16.1 Å². The molecule has 0 saturated heterocycles. The Hall–Kier alpha value is -3.09. The van der Waals surface area contributed by atoms with E-state index in [9.17, 15) is 9.59 Å². The van der Waals surface area contributed by atoms with E-state index in [0.717, 1.165) is 5.39 Å². The van der Waals surface area contributed by atoms with Gasteiger partial charge in [-0.2, -0.15) is 5.10 Å². The minimum atomic E-state index is -0.498. The fraction of sp³-hybridized carbons (Fsp3) is 0.278. The number of fused-ring (bicyclic) bond motifs is 1. The van der Waals surface area contributed by atoms with Gasteiger partial charge in [-0.3, -0.25) is 9.48 Å². The lowest BCUT2D eigenvalue weighted by Gasteiger charge is -2.07. The number of aryl methyl sites for hydroxylation is 1. The Bertz CT molecular complexity index is 987. The van der Waals surface area contributed by atoms with Crippen LogP contribution < -0.4 is 10.4 Å². The van der Waals surface area contributed by atoms with E-state index < -0.39 is 11.6 Å². The Kier molecular flexibility index (Phi) is 4.56. The molecule has 3 aromatic rings. The van der Waals surface area contributed by atoms with Gasteiger partial charge in [0.1, 0.15) is 17.9 Å². The van der Waals surface area contributed by atoms with Crippen molar-refractivity contribution in [1.82, 2.24) is 9.78 Å². The van der Waals surface area contributed by atoms with E-state index in [-0.39, 0.29) is 13.2 Å². The van der Waals surface area contributed by atoms with Gasteiger partial charge in [-0.25, -0.2) is 4.79 Å². The summed E-state index contributed by atoms with van der Waals surface area (Å²) < 4.78 is 17.0. The second kappa shape index (κ2) is 6.80. The molecule has 7 heteroatoms. The maximum absolute atomic E-state index is 12.4. The Balaban J connectivity index is 2.11. The van der Waals surface area contributed by atoms with Crippen LogP contribution in [-0.4, -0.2) is 29.5 Å². The summed E-state index contributed by atoms with van der Waals surface area (Å²) in [5.41, 5.74) is 1.48. The third kappa shape index (κ3) is 3.40. The molecule has 7 nitrogen and oxygen atoms in total. The third-order valence-corrected chi connectivity index (χ3v) is 3.70. The molecule has 2 aromatic heterocycles. The maximum atomic E-state index is 12.4. The lowest BCUT2D eigenvalue weighted by Crippen LogP contribution is -2.17. The second-order valence-electron chi connectivity index (χ2n) is 5.48. The Morgan fingerprint density at radius 2 is 2.08 bits per heavy atom. The highest BCUT2D eigenvalue weighted by atomic mass is 16.5. The molecule has 0 aliphatic carbocycles. The number of esters is 1. The third-order valence-electron chi connectivity index (χ3n) is 3.70. The van der Waals surface area contributed by atoms with Crippen LogP contribution in [0.1, 0.15) is 12.6 Å². The van der Waals surface area contributed by atoms with E-state index in [1.54, 1.807) is 51.3 Å². The summed E-state index contributed by atoms with van der Waals surface area (Å²) >= 11 is 0. The van der Waals surface area contributed by atoms with Gasteiger partial charge in [0.05, 0.1) is 30.7 Å². The van der Waals surface area contributed by atoms with E-state index in [4.69, 9.17) is 13.9 Å². The molecule has 130 valence electrons. The van der Waals surface area contributed by atoms with Crippen molar-refractivity contribution < 1.29 is 18.7 Å². The first-order chi connectivity index (χ1) is 12.0. The minimum Gasteiger partial charge on any atom is -0.497 e. The van der Waals surface area contributed by atoms with Crippen molar-refractivity contribution in [2.75, 3.05) is 13.7 Å². The molecule has 0 amide bonds. The number of carbonyl (C=O) groups is 1. The van der Waals surface area contributed by atoms with E-state index in [1.165, 1.54) is 4.68 Å². The number of carbonyl (C=O) groups excluding carboxylic acids is 1. The van der Waals surface area contributed by atoms with Crippen LogP contribution in [0.4, 0.5) is 0 Å². The van der Waals surface area contributed by atoms with Gasteiger partial charge in [0.25, 0.3) is 0 Å². The van der Waals surface area contributed by atoms with Crippen LogP contribution in [0.5, 0.6) is 5.75 Å². The second-order valence-corrected chi connectivity index (χ2v) is 5.48. The number of hydrogen-bond acceptors (Lipinski definition) is 6. The number of ether oxygens (including phenoxy) is 2. The monoisotopic (exact) mass is 342 g/mol. The van der Waals surface area contributed by atoms with Crippen LogP contribution in [0.25, 0.3) is 22.2 Å². The molecule has 0 N–H and O–H groups in total. The fourth-order valence-corrected chi connectivity index (χ4v) is 2.62. The van der Waals surface area contributed by atoms with E-state index in [1.807, 2.05) is 0 Å². The van der Waals surface area contributed by atoms with Crippen LogP contribution >= 0.6 is 0 Å². The average molecular weight is 342 g/mol. The molecule has 2 heterocycles. The lowest BCUT2D eigenvalue weighted by atomic mass is 10.1. The maximum Gasteiger partial charge on any atom is 0.345 e. The summed E-state index contributed by atoms with van der Waals surface area (Å²) in [6.07, 6.45) is 0. The minimum absolute atomic E-state index is 0.0768. The number of hydrogen-bond donors (Lipinski definition) is 0. The molecule has 0 fully saturated rings. The highest BCUT2D eigenvalue weighted by Crippen LogP contribution is 2.25. The topological polar surface area (TPSA) is 83.6 Å². The van der Waals surface area contributed by atoms with Gasteiger partial charge >= 0.3 is 11.6 Å². The number of rotatable bonds is 5. The van der Waals surface area contributed by atoms with Crippen molar-refractivity contribution >= 4 is 16.9 Å². The first-order valence-electron chi connectivity index (χ1n) is 7.84. The summed E-state index contributed by atoms with van der Waals surface area (Å²) in [4.78, 5) is 24.2. The molecular formula is C18H18N2O5. The van der Waals surface area contributed by atoms with Gasteiger partial charge in [-0.1, -0.05) is 0 Å². The summed E-state index contributed by atoms with van der Waals surface area (Å²) in [7, 11) is 1.57. The lowest BCUT2D eigenvalue weighted by molar-refractivity contribution is -0.144. The molecule has 0 bridgehead atoms. The molecule has 0 aliphatic rings. The SMILES string of the molecule is CCOC(=O)Cn1nc(C)cc1-c1cc2cc(OC)ccc2oc1=O. The standard InChI is InChI=1S/C18H18N2O5/c1-4-24-17(21)10-20-15(7-11(2)19-20)14-9-12-8-13(23-3)5-6-16(12)25-18(14)22/h5-9H,4,10H2,1-3H3. The molecule has 0 spiro atoms. The van der Waals surface area contributed by atoms with Gasteiger partial charge < -0.3 is 13.9 Å². The van der Waals surface area contributed by atoms with E-state index in [0.29, 0.717) is 28.3 Å². The highest BCUT2D eigenvalue weighted by molar-refractivity contribution is 5.82. The average Bonchev–Trinajstić information content (AvgIpc) is 2.94. The Morgan fingerprint density at radius 3 is 2.80 bits per heavy atom. The first kappa shape index (κ1) is 16.8. The zero-order chi connectivity index (χ0) is 18.0. The highest BCUT2D eigenvalue weighted by Gasteiger charge is 2.16. The normalized spacial score (nSPS) is 10.8. The molecule has 0 unspecified atom stereocenters. The van der Waals surface area contributed by atoms with Gasteiger partial charge in [0.15, 0.2) is 0 Å². The molecule has 0 radical (unpaired) electrons. The van der Waals surface area contributed by atoms with Gasteiger partial charge in [-0.05, 0) is 44.2 Å². The molecular weight excluding hydrogens is 324 g/mol. The molecule has 1 aromatic carbocycles. The number of benzene rings is 1. The van der Waals surface area contributed by atoms with Crippen LogP contribution in [0, 0.1) is 6.92 Å². The fourth-order valence-electron chi connectivity index (χ4n) is 2.62. The summed E-state index contributed by atoms with van der Waals surface area (Å²) in [5.74, 6) is 0.238. The number of aromatic nitrogens is 2. The molecule has 25 heavy (non-hydrogen) atoms. The van der Waals surface area contributed by atoms with Gasteiger partial charge in [-0.15, -0.1) is 0 Å². The van der Waals surface area contributed by atoms with Crippen molar-refractivity contribution in [2.24, 2.45) is 0 Å². The Morgan fingerprint density at radius 1 is 1.28 bits per heavy atom. The van der Waals surface area contributed by atoms with Crippen molar-refractivity contribution in [1.29, 1.82) is 0 Å². The van der Waals surface area contributed by atoms with Crippen LogP contribution in [0.3, 0.4) is 0 Å². The Labute approximate surface area is 143 Å². The molecule has 3 rings (SSSR count). The zero-order valence-electron chi connectivity index (χ0n) is 14.2. The smallest absolute Gasteiger partial charge is 0.345 e.